The zero-order valence-corrected chi connectivity index (χ0v) is 9.15. The number of aromatic nitrogens is 2. The van der Waals surface area contributed by atoms with Crippen molar-refractivity contribution in [1.29, 1.82) is 0 Å². The van der Waals surface area contributed by atoms with Gasteiger partial charge in [0, 0.05) is 26.4 Å². The summed E-state index contributed by atoms with van der Waals surface area (Å²) in [5.41, 5.74) is 1.12. The van der Waals surface area contributed by atoms with E-state index in [0.717, 1.165) is 30.9 Å². The first-order valence-corrected chi connectivity index (χ1v) is 4.93. The fourth-order valence-corrected chi connectivity index (χ4v) is 1.70. The molecule has 1 aromatic heterocycles. The fourth-order valence-electron chi connectivity index (χ4n) is 1.38. The van der Waals surface area contributed by atoms with Gasteiger partial charge in [0.25, 0.3) is 0 Å². The Bertz CT molecular complexity index is 281. The first-order valence-electron chi connectivity index (χ1n) is 4.55. The third-order valence-electron chi connectivity index (χ3n) is 2.19. The molecule has 0 fully saturated rings. The summed E-state index contributed by atoms with van der Waals surface area (Å²) in [5.74, 6) is 1.05. The highest BCUT2D eigenvalue weighted by Gasteiger charge is 2.10. The number of likely N-dealkylation sites (N-methyl/N-ethyl adjacent to an activating group) is 1. The van der Waals surface area contributed by atoms with Crippen molar-refractivity contribution < 1.29 is 0 Å². The standard InChI is InChI=1S/C9H16ClN3/c1-4-8-12-9(10)7(13(8)3)5-6-11-2/h11H,4-6H2,1-3H3. The van der Waals surface area contributed by atoms with Crippen LogP contribution in [-0.2, 0) is 19.9 Å². The molecule has 0 spiro atoms. The van der Waals surface area contributed by atoms with Gasteiger partial charge in [0.05, 0.1) is 5.69 Å². The molecule has 1 rings (SSSR count). The van der Waals surface area contributed by atoms with E-state index in [9.17, 15) is 0 Å². The molecule has 1 heterocycles. The Morgan fingerprint density at radius 1 is 1.54 bits per heavy atom. The maximum atomic E-state index is 6.01. The van der Waals surface area contributed by atoms with Crippen molar-refractivity contribution in [2.75, 3.05) is 13.6 Å². The highest BCUT2D eigenvalue weighted by molar-refractivity contribution is 6.30. The van der Waals surface area contributed by atoms with Crippen molar-refractivity contribution in [3.05, 3.63) is 16.7 Å². The van der Waals surface area contributed by atoms with Crippen LogP contribution in [0.1, 0.15) is 18.4 Å². The Morgan fingerprint density at radius 2 is 2.23 bits per heavy atom. The zero-order valence-electron chi connectivity index (χ0n) is 8.39. The van der Waals surface area contributed by atoms with Crippen molar-refractivity contribution in [3.8, 4) is 0 Å². The van der Waals surface area contributed by atoms with Crippen molar-refractivity contribution in [1.82, 2.24) is 14.9 Å². The zero-order chi connectivity index (χ0) is 9.84. The van der Waals surface area contributed by atoms with Crippen LogP contribution in [0.4, 0.5) is 0 Å². The number of imidazole rings is 1. The smallest absolute Gasteiger partial charge is 0.150 e. The van der Waals surface area contributed by atoms with Crippen molar-refractivity contribution in [3.63, 3.8) is 0 Å². The maximum absolute atomic E-state index is 6.01. The first kappa shape index (κ1) is 10.5. The monoisotopic (exact) mass is 201 g/mol. The van der Waals surface area contributed by atoms with E-state index in [2.05, 4.69) is 21.8 Å². The molecule has 1 N–H and O–H groups in total. The molecule has 74 valence electrons. The predicted octanol–water partition coefficient (Wildman–Crippen LogP) is 1.40. The summed E-state index contributed by atoms with van der Waals surface area (Å²) in [6.45, 7) is 3.02. The van der Waals surface area contributed by atoms with Gasteiger partial charge >= 0.3 is 0 Å². The maximum Gasteiger partial charge on any atom is 0.150 e. The van der Waals surface area contributed by atoms with Crippen molar-refractivity contribution in [2.45, 2.75) is 19.8 Å². The lowest BCUT2D eigenvalue weighted by Crippen LogP contribution is -2.13. The van der Waals surface area contributed by atoms with E-state index in [4.69, 9.17) is 11.6 Å². The van der Waals surface area contributed by atoms with E-state index >= 15 is 0 Å². The molecule has 0 atom stereocenters. The van der Waals surface area contributed by atoms with Crippen LogP contribution in [0.15, 0.2) is 0 Å². The van der Waals surface area contributed by atoms with Crippen LogP contribution >= 0.6 is 11.6 Å². The summed E-state index contributed by atoms with van der Waals surface area (Å²) in [7, 11) is 3.95. The summed E-state index contributed by atoms with van der Waals surface area (Å²) < 4.78 is 2.08. The van der Waals surface area contributed by atoms with Gasteiger partial charge in [-0.1, -0.05) is 18.5 Å². The number of rotatable bonds is 4. The van der Waals surface area contributed by atoms with Gasteiger partial charge in [-0.15, -0.1) is 0 Å². The van der Waals surface area contributed by atoms with Crippen LogP contribution in [0.3, 0.4) is 0 Å². The third kappa shape index (κ3) is 2.23. The molecule has 0 unspecified atom stereocenters. The van der Waals surface area contributed by atoms with E-state index in [1.807, 2.05) is 14.1 Å². The Balaban J connectivity index is 2.85. The number of hydrogen-bond donors (Lipinski definition) is 1. The molecule has 0 aliphatic heterocycles. The lowest BCUT2D eigenvalue weighted by atomic mass is 10.3. The van der Waals surface area contributed by atoms with Gasteiger partial charge in [0.15, 0.2) is 5.15 Å². The van der Waals surface area contributed by atoms with Crippen LogP contribution in [0.5, 0.6) is 0 Å². The average molecular weight is 202 g/mol. The van der Waals surface area contributed by atoms with Crippen LogP contribution in [0.2, 0.25) is 5.15 Å². The quantitative estimate of drug-likeness (QED) is 0.798. The van der Waals surface area contributed by atoms with Crippen LogP contribution < -0.4 is 5.32 Å². The third-order valence-corrected chi connectivity index (χ3v) is 2.49. The summed E-state index contributed by atoms with van der Waals surface area (Å²) in [6, 6.07) is 0. The SMILES string of the molecule is CCc1nc(Cl)c(CCNC)n1C. The van der Waals surface area contributed by atoms with Gasteiger partial charge in [0.2, 0.25) is 0 Å². The van der Waals surface area contributed by atoms with E-state index in [0.29, 0.717) is 5.15 Å². The summed E-state index contributed by atoms with van der Waals surface area (Å²) in [4.78, 5) is 4.28. The van der Waals surface area contributed by atoms with Crippen LogP contribution in [-0.4, -0.2) is 23.1 Å². The van der Waals surface area contributed by atoms with Gasteiger partial charge in [-0.05, 0) is 7.05 Å². The molecule has 0 bridgehead atoms. The number of nitrogens with zero attached hydrogens (tertiary/aromatic N) is 2. The van der Waals surface area contributed by atoms with E-state index in [1.54, 1.807) is 0 Å². The molecule has 1 aromatic rings. The van der Waals surface area contributed by atoms with Crippen LogP contribution in [0, 0.1) is 0 Å². The van der Waals surface area contributed by atoms with Crippen molar-refractivity contribution in [2.24, 2.45) is 7.05 Å². The molecule has 0 saturated carbocycles. The molecule has 0 saturated heterocycles. The second-order valence-electron chi connectivity index (χ2n) is 3.03. The molecule has 4 heteroatoms. The largest absolute Gasteiger partial charge is 0.334 e. The molecule has 0 aromatic carbocycles. The minimum atomic E-state index is 0.648. The molecule has 0 aliphatic carbocycles. The van der Waals surface area contributed by atoms with E-state index < -0.39 is 0 Å². The minimum Gasteiger partial charge on any atom is -0.334 e. The average Bonchev–Trinajstić information content (AvgIpc) is 2.39. The fraction of sp³-hybridized carbons (Fsp3) is 0.667. The molecule has 0 amide bonds. The van der Waals surface area contributed by atoms with Gasteiger partial charge in [-0.25, -0.2) is 4.98 Å². The Labute approximate surface area is 84.1 Å². The number of nitrogens with one attached hydrogen (secondary N) is 1. The van der Waals surface area contributed by atoms with E-state index in [-0.39, 0.29) is 0 Å². The topological polar surface area (TPSA) is 29.9 Å². The van der Waals surface area contributed by atoms with Gasteiger partial charge in [-0.3, -0.25) is 0 Å². The summed E-state index contributed by atoms with van der Waals surface area (Å²) >= 11 is 6.01. The highest BCUT2D eigenvalue weighted by Crippen LogP contribution is 2.16. The highest BCUT2D eigenvalue weighted by atomic mass is 35.5. The molecule has 3 nitrogen and oxygen atoms in total. The summed E-state index contributed by atoms with van der Waals surface area (Å²) in [6.07, 6.45) is 1.86. The lowest BCUT2D eigenvalue weighted by molar-refractivity contribution is 0.714. The first-order chi connectivity index (χ1) is 6.20. The number of hydrogen-bond acceptors (Lipinski definition) is 2. The van der Waals surface area contributed by atoms with Crippen LogP contribution in [0.25, 0.3) is 0 Å². The van der Waals surface area contributed by atoms with Gasteiger partial charge in [0.1, 0.15) is 5.82 Å². The number of aryl methyl sites for hydroxylation is 1. The lowest BCUT2D eigenvalue weighted by Gasteiger charge is -2.04. The molecular weight excluding hydrogens is 186 g/mol. The normalized spacial score (nSPS) is 10.8. The van der Waals surface area contributed by atoms with E-state index in [1.165, 1.54) is 0 Å². The second kappa shape index (κ2) is 4.63. The Morgan fingerprint density at radius 3 is 2.69 bits per heavy atom. The van der Waals surface area contributed by atoms with Gasteiger partial charge in [-0.2, -0.15) is 0 Å². The molecule has 0 aliphatic rings. The molecule has 0 radical (unpaired) electrons. The van der Waals surface area contributed by atoms with Gasteiger partial charge < -0.3 is 9.88 Å². The second-order valence-corrected chi connectivity index (χ2v) is 3.39. The van der Waals surface area contributed by atoms with Crippen molar-refractivity contribution >= 4 is 11.6 Å². The number of halogens is 1. The Hall–Kier alpha value is -0.540. The molecule has 13 heavy (non-hydrogen) atoms. The minimum absolute atomic E-state index is 0.648. The summed E-state index contributed by atoms with van der Waals surface area (Å²) in [5, 5.41) is 3.75. The predicted molar refractivity (Wildman–Crippen MR) is 55.2 cm³/mol. The molecular formula is C9H16ClN3. The Kier molecular flexibility index (Phi) is 3.75.